The minimum atomic E-state index is -3.97. The first kappa shape index (κ1) is 26.6. The monoisotopic (exact) mass is 532 g/mol. The summed E-state index contributed by atoms with van der Waals surface area (Å²) in [7, 11) is 0.590. The molecule has 1 aromatic carbocycles. The van der Waals surface area contributed by atoms with Crippen molar-refractivity contribution < 1.29 is 27.4 Å². The van der Waals surface area contributed by atoms with Gasteiger partial charge in [-0.3, -0.25) is 9.29 Å². The van der Waals surface area contributed by atoms with E-state index in [1.165, 1.54) is 33.7 Å². The Balaban J connectivity index is 1.75. The van der Waals surface area contributed by atoms with Crippen molar-refractivity contribution in [2.45, 2.75) is 57.0 Å². The van der Waals surface area contributed by atoms with E-state index in [-0.39, 0.29) is 18.2 Å². The Labute approximate surface area is 216 Å². The fraction of sp³-hybridized carbons (Fsp3) is 0.500. The van der Waals surface area contributed by atoms with Gasteiger partial charge in [-0.2, -0.15) is 0 Å². The van der Waals surface area contributed by atoms with Crippen LogP contribution in [0, 0.1) is 0 Å². The van der Waals surface area contributed by atoms with Gasteiger partial charge in [-0.25, -0.2) is 18.4 Å². The van der Waals surface area contributed by atoms with Crippen LogP contribution in [0.25, 0.3) is 5.69 Å². The molecule has 0 radical (unpaired) electrons. The molecule has 4 atom stereocenters. The van der Waals surface area contributed by atoms with E-state index in [0.29, 0.717) is 41.0 Å². The number of hydrogen-bond donors (Lipinski definition) is 1. The Hall–Kier alpha value is -3.45. The predicted molar refractivity (Wildman–Crippen MR) is 136 cm³/mol. The van der Waals surface area contributed by atoms with Gasteiger partial charge >= 0.3 is 0 Å². The molecule has 0 saturated carbocycles. The van der Waals surface area contributed by atoms with Crippen LogP contribution < -0.4 is 18.9 Å². The number of methoxy groups -OCH3 is 3. The molecule has 13 heteroatoms. The van der Waals surface area contributed by atoms with Crippen LogP contribution in [0.4, 0.5) is 5.95 Å². The van der Waals surface area contributed by atoms with Crippen LogP contribution in [0.3, 0.4) is 0 Å². The second-order valence-corrected chi connectivity index (χ2v) is 10.9. The molecule has 1 N–H and O–H groups in total. The largest absolute Gasteiger partial charge is 0.494 e. The van der Waals surface area contributed by atoms with Crippen molar-refractivity contribution in [3.63, 3.8) is 0 Å². The molecule has 12 nitrogen and oxygen atoms in total. The number of nitrogens with zero attached hydrogens (tertiary/aromatic N) is 5. The fourth-order valence-electron chi connectivity index (χ4n) is 4.20. The summed E-state index contributed by atoms with van der Waals surface area (Å²) in [5, 5.41) is 7.65. The number of sulfonamides is 1. The third-order valence-corrected chi connectivity index (χ3v) is 8.41. The van der Waals surface area contributed by atoms with Crippen LogP contribution in [0.2, 0.25) is 0 Å². The summed E-state index contributed by atoms with van der Waals surface area (Å²) >= 11 is 0. The fourth-order valence-corrected chi connectivity index (χ4v) is 5.43. The maximum atomic E-state index is 13.5. The number of aromatic nitrogens is 5. The summed E-state index contributed by atoms with van der Waals surface area (Å²) < 4.78 is 53.7. The van der Waals surface area contributed by atoms with Crippen LogP contribution in [0.15, 0.2) is 30.6 Å². The zero-order valence-corrected chi connectivity index (χ0v) is 22.5. The number of benzene rings is 1. The third kappa shape index (κ3) is 5.32. The summed E-state index contributed by atoms with van der Waals surface area (Å²) in [6.45, 7) is 5.32. The maximum absolute atomic E-state index is 13.5. The lowest BCUT2D eigenvalue weighted by Crippen LogP contribution is -2.31. The lowest BCUT2D eigenvalue weighted by Gasteiger charge is -2.22. The summed E-state index contributed by atoms with van der Waals surface area (Å²) in [5.41, 5.74) is 0.465. The van der Waals surface area contributed by atoms with Crippen LogP contribution in [0.1, 0.15) is 57.3 Å². The summed E-state index contributed by atoms with van der Waals surface area (Å²) in [6.07, 6.45) is 4.24. The van der Waals surface area contributed by atoms with Gasteiger partial charge in [0.05, 0.1) is 45.1 Å². The van der Waals surface area contributed by atoms with Crippen LogP contribution in [0.5, 0.6) is 17.2 Å². The lowest BCUT2D eigenvalue weighted by molar-refractivity contribution is 0.0492. The molecule has 1 fully saturated rings. The summed E-state index contributed by atoms with van der Waals surface area (Å²) in [6, 6.07) is 5.29. The Kier molecular flexibility index (Phi) is 7.83. The Morgan fingerprint density at radius 1 is 1.03 bits per heavy atom. The number of nitrogens with one attached hydrogen (secondary N) is 1. The molecule has 37 heavy (non-hydrogen) atoms. The standard InChI is InChI=1S/C24H32N6O6S/c1-14-10-11-20(36-14)23-27-28-24(30(23)21-18(34-5)8-7-9-19(21)35-6)29-37(31,32)16(3)15(2)22-25-12-17(33-4)13-26-22/h7-9,12-16,20H,10-11H2,1-6H3,(H,28,29)/t14-,15+,16+,20?/m1/s1. The molecule has 0 aliphatic carbocycles. The normalized spacial score (nSPS) is 19.3. The van der Waals surface area contributed by atoms with E-state index in [1.54, 1.807) is 36.6 Å². The van der Waals surface area contributed by atoms with Crippen molar-refractivity contribution in [2.75, 3.05) is 26.1 Å². The summed E-state index contributed by atoms with van der Waals surface area (Å²) in [5.74, 6) is 1.69. The Morgan fingerprint density at radius 3 is 2.22 bits per heavy atom. The number of hydrogen-bond acceptors (Lipinski definition) is 10. The molecule has 1 aliphatic rings. The van der Waals surface area contributed by atoms with Gasteiger partial charge in [-0.1, -0.05) is 13.0 Å². The van der Waals surface area contributed by atoms with E-state index < -0.39 is 21.2 Å². The van der Waals surface area contributed by atoms with Gasteiger partial charge in [0, 0.05) is 5.92 Å². The van der Waals surface area contributed by atoms with Crippen LogP contribution >= 0.6 is 0 Å². The topological polar surface area (TPSA) is 140 Å². The highest BCUT2D eigenvalue weighted by Gasteiger charge is 2.35. The van der Waals surface area contributed by atoms with Gasteiger partial charge in [-0.15, -0.1) is 10.2 Å². The van der Waals surface area contributed by atoms with E-state index in [0.717, 1.165) is 6.42 Å². The van der Waals surface area contributed by atoms with Crippen molar-refractivity contribution in [1.82, 2.24) is 24.7 Å². The zero-order valence-electron chi connectivity index (χ0n) is 21.7. The first-order chi connectivity index (χ1) is 17.7. The second-order valence-electron chi connectivity index (χ2n) is 8.86. The quantitative estimate of drug-likeness (QED) is 0.414. The van der Waals surface area contributed by atoms with Gasteiger partial charge in [0.25, 0.3) is 0 Å². The highest BCUT2D eigenvalue weighted by Crippen LogP contribution is 2.40. The van der Waals surface area contributed by atoms with Crippen molar-refractivity contribution in [2.24, 2.45) is 0 Å². The van der Waals surface area contributed by atoms with E-state index >= 15 is 0 Å². The van der Waals surface area contributed by atoms with Crippen LogP contribution in [-0.4, -0.2) is 65.8 Å². The minimum absolute atomic E-state index is 0.00403. The molecule has 0 amide bonds. The lowest BCUT2D eigenvalue weighted by atomic mass is 10.1. The molecule has 1 unspecified atom stereocenters. The Bertz CT molecular complexity index is 1310. The number of para-hydroxylation sites is 1. The molecular formula is C24H32N6O6S. The molecule has 3 heterocycles. The van der Waals surface area contributed by atoms with E-state index in [4.69, 9.17) is 18.9 Å². The van der Waals surface area contributed by atoms with Gasteiger partial charge < -0.3 is 18.9 Å². The highest BCUT2D eigenvalue weighted by atomic mass is 32.2. The molecule has 200 valence electrons. The minimum Gasteiger partial charge on any atom is -0.494 e. The first-order valence-electron chi connectivity index (χ1n) is 11.9. The van der Waals surface area contributed by atoms with Gasteiger partial charge in [0.15, 0.2) is 11.6 Å². The number of rotatable bonds is 10. The average molecular weight is 533 g/mol. The zero-order chi connectivity index (χ0) is 26.7. The molecule has 0 bridgehead atoms. The van der Waals surface area contributed by atoms with Gasteiger partial charge in [0.2, 0.25) is 16.0 Å². The molecule has 1 aliphatic heterocycles. The third-order valence-electron chi connectivity index (χ3n) is 6.55. The van der Waals surface area contributed by atoms with E-state index in [1.807, 2.05) is 6.92 Å². The molecule has 1 saturated heterocycles. The number of ether oxygens (including phenoxy) is 4. The van der Waals surface area contributed by atoms with Crippen molar-refractivity contribution in [3.05, 3.63) is 42.2 Å². The highest BCUT2D eigenvalue weighted by molar-refractivity contribution is 7.93. The van der Waals surface area contributed by atoms with Gasteiger partial charge in [0.1, 0.15) is 29.1 Å². The Morgan fingerprint density at radius 2 is 1.68 bits per heavy atom. The first-order valence-corrected chi connectivity index (χ1v) is 13.4. The maximum Gasteiger partial charge on any atom is 0.243 e. The summed E-state index contributed by atoms with van der Waals surface area (Å²) in [4.78, 5) is 8.51. The predicted octanol–water partition coefficient (Wildman–Crippen LogP) is 3.26. The second kappa shape index (κ2) is 10.9. The average Bonchev–Trinajstić information content (AvgIpc) is 3.52. The van der Waals surface area contributed by atoms with Crippen molar-refractivity contribution in [3.8, 4) is 22.9 Å². The van der Waals surface area contributed by atoms with Crippen molar-refractivity contribution >= 4 is 16.0 Å². The van der Waals surface area contributed by atoms with Crippen LogP contribution in [-0.2, 0) is 14.8 Å². The van der Waals surface area contributed by atoms with Crippen molar-refractivity contribution in [1.29, 1.82) is 0 Å². The smallest absolute Gasteiger partial charge is 0.243 e. The van der Waals surface area contributed by atoms with E-state index in [2.05, 4.69) is 24.9 Å². The van der Waals surface area contributed by atoms with Gasteiger partial charge in [-0.05, 0) is 38.8 Å². The molecular weight excluding hydrogens is 500 g/mol. The molecule has 4 rings (SSSR count). The number of anilines is 1. The van der Waals surface area contributed by atoms with E-state index in [9.17, 15) is 8.42 Å². The molecule has 0 spiro atoms. The molecule has 2 aromatic heterocycles. The SMILES string of the molecule is COc1cnc([C@@H](C)[C@H](C)S(=O)(=O)Nc2nnc(C3CC[C@@H](C)O3)n2-c2c(OC)cccc2OC)nc1. The molecule has 3 aromatic rings.